The van der Waals surface area contributed by atoms with E-state index in [-0.39, 0.29) is 22.2 Å². The number of carbonyl (C=O) groups is 2. The molecule has 0 radical (unpaired) electrons. The molecule has 2 unspecified atom stereocenters. The molecule has 2 aliphatic rings. The lowest BCUT2D eigenvalue weighted by molar-refractivity contribution is -0.161. The molecule has 0 spiro atoms. The van der Waals surface area contributed by atoms with E-state index in [1.54, 1.807) is 0 Å². The van der Waals surface area contributed by atoms with E-state index in [0.717, 1.165) is 12.8 Å². The Labute approximate surface area is 131 Å². The van der Waals surface area contributed by atoms with Gasteiger partial charge in [-0.05, 0) is 6.42 Å². The average Bonchev–Trinajstić information content (AvgIpc) is 2.75. The highest BCUT2D eigenvalue weighted by Gasteiger charge is 2.56. The maximum atomic E-state index is 11.9. The predicted octanol–water partition coefficient (Wildman–Crippen LogP) is 0.879. The van der Waals surface area contributed by atoms with Crippen molar-refractivity contribution in [2.75, 3.05) is 13.7 Å². The summed E-state index contributed by atoms with van der Waals surface area (Å²) in [6, 6.07) is 0. The van der Waals surface area contributed by atoms with E-state index in [2.05, 4.69) is 5.32 Å². The lowest BCUT2D eigenvalue weighted by Gasteiger charge is -2.40. The number of β-lactam (4-membered cyclic amide) rings is 1. The van der Waals surface area contributed by atoms with Crippen molar-refractivity contribution in [3.05, 3.63) is 9.93 Å². The molecule has 2 aliphatic heterocycles. The third kappa shape index (κ3) is 3.04. The van der Waals surface area contributed by atoms with Crippen molar-refractivity contribution >= 4 is 41.7 Å². The summed E-state index contributed by atoms with van der Waals surface area (Å²) in [6.45, 7) is 2.65. The topological polar surface area (TPSA) is 103 Å². The number of hydrogen-bond donors (Lipinski definition) is 3. The van der Waals surface area contributed by atoms with Gasteiger partial charge in [-0.1, -0.05) is 18.7 Å². The fourth-order valence-electron chi connectivity index (χ4n) is 2.15. The third-order valence-electron chi connectivity index (χ3n) is 3.22. The SMILES string of the molecule is COC1C(=O)N2C(C(=O)O)=C(SC(C)CCNC=N)S[C@@H]12. The molecule has 21 heavy (non-hydrogen) atoms. The zero-order valence-corrected chi connectivity index (χ0v) is 13.3. The van der Waals surface area contributed by atoms with Crippen LogP contribution in [0.2, 0.25) is 0 Å². The molecule has 9 heteroatoms. The van der Waals surface area contributed by atoms with Crippen LogP contribution in [-0.4, -0.2) is 58.6 Å². The number of carbonyl (C=O) groups excluding carboxylic acids is 1. The number of rotatable bonds is 8. The highest BCUT2D eigenvalue weighted by Crippen LogP contribution is 2.52. The van der Waals surface area contributed by atoms with E-state index in [0.29, 0.717) is 10.8 Å². The van der Waals surface area contributed by atoms with Crippen LogP contribution in [-0.2, 0) is 14.3 Å². The van der Waals surface area contributed by atoms with E-state index in [9.17, 15) is 14.7 Å². The monoisotopic (exact) mass is 331 g/mol. The Morgan fingerprint density at radius 3 is 3.00 bits per heavy atom. The van der Waals surface area contributed by atoms with Gasteiger partial charge in [0.2, 0.25) is 0 Å². The molecule has 7 nitrogen and oxygen atoms in total. The zero-order chi connectivity index (χ0) is 15.6. The minimum absolute atomic E-state index is 0.0696. The number of fused-ring (bicyclic) bond motifs is 1. The van der Waals surface area contributed by atoms with E-state index in [4.69, 9.17) is 10.1 Å². The molecule has 3 N–H and O–H groups in total. The van der Waals surface area contributed by atoms with Crippen LogP contribution in [0.1, 0.15) is 13.3 Å². The molecule has 0 aromatic heterocycles. The first kappa shape index (κ1) is 16.2. The van der Waals surface area contributed by atoms with Gasteiger partial charge in [-0.25, -0.2) is 4.79 Å². The van der Waals surface area contributed by atoms with Crippen molar-refractivity contribution in [2.24, 2.45) is 0 Å². The highest BCUT2D eigenvalue weighted by atomic mass is 32.2. The number of carboxylic acids is 1. The molecule has 0 aliphatic carbocycles. The Morgan fingerprint density at radius 1 is 1.71 bits per heavy atom. The van der Waals surface area contributed by atoms with Crippen LogP contribution in [0.25, 0.3) is 0 Å². The fourth-order valence-corrected chi connectivity index (χ4v) is 5.24. The van der Waals surface area contributed by atoms with Gasteiger partial charge in [-0.3, -0.25) is 15.1 Å². The summed E-state index contributed by atoms with van der Waals surface area (Å²) < 4.78 is 5.75. The van der Waals surface area contributed by atoms with Gasteiger partial charge in [-0.15, -0.1) is 11.8 Å². The van der Waals surface area contributed by atoms with Crippen LogP contribution in [0.15, 0.2) is 9.93 Å². The van der Waals surface area contributed by atoms with Gasteiger partial charge in [0.1, 0.15) is 5.37 Å². The minimum atomic E-state index is -1.08. The van der Waals surface area contributed by atoms with E-state index < -0.39 is 12.1 Å². The first-order valence-electron chi connectivity index (χ1n) is 6.40. The number of carboxylic acid groups (broad SMARTS) is 1. The van der Waals surface area contributed by atoms with Gasteiger partial charge in [0.25, 0.3) is 5.91 Å². The van der Waals surface area contributed by atoms with Crippen molar-refractivity contribution in [3.8, 4) is 0 Å². The smallest absolute Gasteiger partial charge is 0.354 e. The molecule has 1 amide bonds. The molecule has 0 aromatic carbocycles. The lowest BCUT2D eigenvalue weighted by atomic mass is 10.1. The molecule has 0 saturated carbocycles. The van der Waals surface area contributed by atoms with Crippen molar-refractivity contribution in [3.63, 3.8) is 0 Å². The molecule has 0 aromatic rings. The van der Waals surface area contributed by atoms with Crippen LogP contribution in [0.5, 0.6) is 0 Å². The Hall–Kier alpha value is -1.19. The normalized spacial score (nSPS) is 25.4. The van der Waals surface area contributed by atoms with Crippen LogP contribution in [0.3, 0.4) is 0 Å². The maximum absolute atomic E-state index is 11.9. The van der Waals surface area contributed by atoms with E-state index >= 15 is 0 Å². The van der Waals surface area contributed by atoms with Gasteiger partial charge < -0.3 is 15.2 Å². The molecule has 1 saturated heterocycles. The van der Waals surface area contributed by atoms with E-state index in [1.807, 2.05) is 6.92 Å². The molecule has 2 heterocycles. The summed E-state index contributed by atoms with van der Waals surface area (Å²) in [7, 11) is 1.46. The third-order valence-corrected chi connectivity index (χ3v) is 5.95. The van der Waals surface area contributed by atoms with Gasteiger partial charge in [0.05, 0.1) is 10.6 Å². The van der Waals surface area contributed by atoms with Gasteiger partial charge in [0.15, 0.2) is 11.8 Å². The Balaban J connectivity index is 2.06. The molecule has 0 bridgehead atoms. The van der Waals surface area contributed by atoms with Crippen molar-refractivity contribution in [1.29, 1.82) is 5.41 Å². The first-order chi connectivity index (χ1) is 10.0. The standard InChI is InChI=1S/C12H17N3O4S2/c1-6(3-4-14-5-13)20-12-7(11(17)18)15-9(16)8(19-2)10(15)21-12/h5-6,8,10H,3-4H2,1-2H3,(H2,13,14)(H,17,18)/t6?,8?,10-/m0/s1. The summed E-state index contributed by atoms with van der Waals surface area (Å²) in [6.07, 6.45) is 1.37. The zero-order valence-electron chi connectivity index (χ0n) is 11.7. The maximum Gasteiger partial charge on any atom is 0.354 e. The van der Waals surface area contributed by atoms with Crippen LogP contribution < -0.4 is 5.32 Å². The number of amides is 1. The average molecular weight is 331 g/mol. The second-order valence-electron chi connectivity index (χ2n) is 4.63. The van der Waals surface area contributed by atoms with Crippen molar-refractivity contribution < 1.29 is 19.4 Å². The predicted molar refractivity (Wildman–Crippen MR) is 82.1 cm³/mol. The quantitative estimate of drug-likeness (QED) is 0.262. The van der Waals surface area contributed by atoms with Crippen LogP contribution in [0.4, 0.5) is 0 Å². The number of ether oxygens (including phenoxy) is 1. The second kappa shape index (κ2) is 6.71. The number of thioether (sulfide) groups is 2. The molecular formula is C12H17N3O4S2. The fraction of sp³-hybridized carbons (Fsp3) is 0.583. The molecule has 1 fully saturated rings. The van der Waals surface area contributed by atoms with Crippen LogP contribution >= 0.6 is 23.5 Å². The van der Waals surface area contributed by atoms with Crippen LogP contribution in [0, 0.1) is 5.41 Å². The second-order valence-corrected chi connectivity index (χ2v) is 7.46. The number of nitrogens with one attached hydrogen (secondary N) is 2. The van der Waals surface area contributed by atoms with Gasteiger partial charge in [0, 0.05) is 18.9 Å². The first-order valence-corrected chi connectivity index (χ1v) is 8.16. The molecule has 3 atom stereocenters. The summed E-state index contributed by atoms with van der Waals surface area (Å²) in [4.78, 5) is 24.6. The van der Waals surface area contributed by atoms with Crippen molar-refractivity contribution in [1.82, 2.24) is 10.2 Å². The van der Waals surface area contributed by atoms with E-state index in [1.165, 1.54) is 35.5 Å². The summed E-state index contributed by atoms with van der Waals surface area (Å²) in [5, 5.41) is 19.0. The Bertz CT molecular complexity index is 497. The number of nitrogens with zero attached hydrogens (tertiary/aromatic N) is 1. The molecular weight excluding hydrogens is 314 g/mol. The number of hydrogen-bond acceptors (Lipinski definition) is 6. The number of methoxy groups -OCH3 is 1. The molecule has 2 rings (SSSR count). The van der Waals surface area contributed by atoms with Gasteiger partial charge >= 0.3 is 5.97 Å². The largest absolute Gasteiger partial charge is 0.477 e. The number of aliphatic carboxylic acids is 1. The van der Waals surface area contributed by atoms with Crippen molar-refractivity contribution in [2.45, 2.75) is 30.1 Å². The minimum Gasteiger partial charge on any atom is -0.477 e. The van der Waals surface area contributed by atoms with Gasteiger partial charge in [-0.2, -0.15) is 0 Å². The summed E-state index contributed by atoms with van der Waals surface area (Å²) >= 11 is 2.83. The summed E-state index contributed by atoms with van der Waals surface area (Å²) in [5.74, 6) is -1.37. The Kier molecular flexibility index (Phi) is 5.17. The lowest BCUT2D eigenvalue weighted by Crippen LogP contribution is -2.61. The molecule has 116 valence electrons. The Morgan fingerprint density at radius 2 is 2.43 bits per heavy atom. The highest BCUT2D eigenvalue weighted by molar-refractivity contribution is 8.23. The summed E-state index contributed by atoms with van der Waals surface area (Å²) in [5.41, 5.74) is 0.0696.